The highest BCUT2D eigenvalue weighted by Gasteiger charge is 2.46. The highest BCUT2D eigenvalue weighted by atomic mass is 79.9. The lowest BCUT2D eigenvalue weighted by molar-refractivity contribution is -0.207. The Morgan fingerprint density at radius 3 is 2.73 bits per heavy atom. The highest BCUT2D eigenvalue weighted by Crippen LogP contribution is 2.33. The second-order valence-corrected chi connectivity index (χ2v) is 6.04. The number of hydrogen-bond acceptors (Lipinski definition) is 5. The molecule has 22 heavy (non-hydrogen) atoms. The van der Waals surface area contributed by atoms with Gasteiger partial charge < -0.3 is 18.9 Å². The number of fused-ring (bicyclic) bond motifs is 1. The summed E-state index contributed by atoms with van der Waals surface area (Å²) >= 11 is 3.41. The summed E-state index contributed by atoms with van der Waals surface area (Å²) in [6.45, 7) is 2.00. The van der Waals surface area contributed by atoms with E-state index in [2.05, 4.69) is 15.9 Å². The molecule has 120 valence electrons. The highest BCUT2D eigenvalue weighted by molar-refractivity contribution is 9.09. The summed E-state index contributed by atoms with van der Waals surface area (Å²) in [7, 11) is 0. The number of ether oxygens (including phenoxy) is 4. The molecule has 0 bridgehead atoms. The van der Waals surface area contributed by atoms with Crippen LogP contribution >= 0.6 is 15.9 Å². The molecule has 6 heteroatoms. The summed E-state index contributed by atoms with van der Waals surface area (Å²) in [6, 6.07) is 8.96. The van der Waals surface area contributed by atoms with Gasteiger partial charge in [-0.15, -0.1) is 0 Å². The molecule has 5 atom stereocenters. The number of carbonyl (C=O) groups is 1. The van der Waals surface area contributed by atoms with E-state index in [1.165, 1.54) is 0 Å². The van der Waals surface area contributed by atoms with Crippen LogP contribution in [0.2, 0.25) is 0 Å². The molecule has 2 aliphatic heterocycles. The molecule has 0 spiro atoms. The van der Waals surface area contributed by atoms with Gasteiger partial charge in [0.05, 0.1) is 5.56 Å². The average molecular weight is 371 g/mol. The van der Waals surface area contributed by atoms with E-state index in [1.807, 2.05) is 25.1 Å². The molecule has 0 aromatic heterocycles. The van der Waals surface area contributed by atoms with Crippen molar-refractivity contribution in [1.82, 2.24) is 0 Å². The predicted molar refractivity (Wildman–Crippen MR) is 82.8 cm³/mol. The van der Waals surface area contributed by atoms with Crippen LogP contribution in [0.15, 0.2) is 30.3 Å². The van der Waals surface area contributed by atoms with Gasteiger partial charge in [-0.2, -0.15) is 0 Å². The van der Waals surface area contributed by atoms with Crippen molar-refractivity contribution < 1.29 is 23.7 Å². The van der Waals surface area contributed by atoms with Gasteiger partial charge in [-0.25, -0.2) is 4.79 Å². The standard InChI is InChI=1S/C16H19BrO5/c1-2-14-19-12-8-11(13(9-17)21-16(12)22-14)20-15(18)10-6-4-3-5-7-10/h3-7,11-14,16H,2,8-9H2,1H3/t11-,12+,13+,14+,16+/m0/s1. The number of esters is 1. The van der Waals surface area contributed by atoms with Gasteiger partial charge in [-0.3, -0.25) is 0 Å². The van der Waals surface area contributed by atoms with Crippen molar-refractivity contribution in [2.75, 3.05) is 5.33 Å². The van der Waals surface area contributed by atoms with Crippen molar-refractivity contribution in [2.24, 2.45) is 0 Å². The smallest absolute Gasteiger partial charge is 0.338 e. The van der Waals surface area contributed by atoms with Gasteiger partial charge in [0.2, 0.25) is 0 Å². The molecule has 2 heterocycles. The molecule has 5 nitrogen and oxygen atoms in total. The molecule has 0 saturated carbocycles. The second kappa shape index (κ2) is 7.08. The minimum Gasteiger partial charge on any atom is -0.456 e. The first-order valence-electron chi connectivity index (χ1n) is 7.49. The van der Waals surface area contributed by atoms with Crippen LogP contribution in [-0.4, -0.2) is 42.2 Å². The molecule has 0 unspecified atom stereocenters. The maximum Gasteiger partial charge on any atom is 0.338 e. The molecule has 2 aliphatic rings. The van der Waals surface area contributed by atoms with Crippen molar-refractivity contribution >= 4 is 21.9 Å². The number of rotatable bonds is 4. The van der Waals surface area contributed by atoms with Gasteiger partial charge in [0, 0.05) is 11.8 Å². The summed E-state index contributed by atoms with van der Waals surface area (Å²) in [5.41, 5.74) is 0.535. The summed E-state index contributed by atoms with van der Waals surface area (Å²) in [5, 5.41) is 0.573. The van der Waals surface area contributed by atoms with Crippen LogP contribution in [0, 0.1) is 0 Å². The largest absolute Gasteiger partial charge is 0.456 e. The van der Waals surface area contributed by atoms with Crippen molar-refractivity contribution in [3.8, 4) is 0 Å². The Balaban J connectivity index is 1.66. The van der Waals surface area contributed by atoms with E-state index in [1.54, 1.807) is 12.1 Å². The lowest BCUT2D eigenvalue weighted by Crippen LogP contribution is -2.48. The molecule has 2 saturated heterocycles. The Bertz CT molecular complexity index is 509. The van der Waals surface area contributed by atoms with Gasteiger partial charge in [-0.1, -0.05) is 41.1 Å². The van der Waals surface area contributed by atoms with Crippen LogP contribution in [0.3, 0.4) is 0 Å². The molecular weight excluding hydrogens is 352 g/mol. The molecule has 0 amide bonds. The Labute approximate surface area is 138 Å². The zero-order chi connectivity index (χ0) is 15.5. The van der Waals surface area contributed by atoms with E-state index in [-0.39, 0.29) is 36.9 Å². The number of alkyl halides is 1. The molecule has 0 N–H and O–H groups in total. The quantitative estimate of drug-likeness (QED) is 0.602. The fourth-order valence-electron chi connectivity index (χ4n) is 2.69. The fraction of sp³-hybridized carbons (Fsp3) is 0.562. The number of hydrogen-bond donors (Lipinski definition) is 0. The van der Waals surface area contributed by atoms with E-state index in [9.17, 15) is 4.79 Å². The third kappa shape index (κ3) is 3.35. The van der Waals surface area contributed by atoms with Gasteiger partial charge in [0.1, 0.15) is 18.3 Å². The minimum atomic E-state index is -0.376. The number of halogens is 1. The maximum absolute atomic E-state index is 12.2. The van der Waals surface area contributed by atoms with Crippen LogP contribution in [0.4, 0.5) is 0 Å². The molecule has 3 rings (SSSR count). The van der Waals surface area contributed by atoms with Crippen LogP contribution in [0.25, 0.3) is 0 Å². The van der Waals surface area contributed by atoms with Crippen molar-refractivity contribution in [3.63, 3.8) is 0 Å². The SMILES string of the molecule is CC[C@H]1O[C@H]2O[C@H](CBr)[C@@H](OC(=O)c3ccccc3)C[C@H]2O1. The van der Waals surface area contributed by atoms with E-state index in [4.69, 9.17) is 18.9 Å². The maximum atomic E-state index is 12.2. The van der Waals surface area contributed by atoms with Gasteiger partial charge in [0.15, 0.2) is 12.6 Å². The van der Waals surface area contributed by atoms with Gasteiger partial charge >= 0.3 is 5.97 Å². The summed E-state index contributed by atoms with van der Waals surface area (Å²) in [6.07, 6.45) is -0.0528. The summed E-state index contributed by atoms with van der Waals surface area (Å²) in [4.78, 5) is 12.2. The number of carbonyl (C=O) groups excluding carboxylic acids is 1. The third-order valence-corrected chi connectivity index (χ3v) is 4.50. The van der Waals surface area contributed by atoms with Gasteiger partial charge in [0.25, 0.3) is 0 Å². The fourth-order valence-corrected chi connectivity index (χ4v) is 3.26. The monoisotopic (exact) mass is 370 g/mol. The normalized spacial score (nSPS) is 34.2. The van der Waals surface area contributed by atoms with E-state index < -0.39 is 0 Å². The molecule has 2 fully saturated rings. The van der Waals surface area contributed by atoms with E-state index in [0.717, 1.165) is 6.42 Å². The first-order valence-corrected chi connectivity index (χ1v) is 8.61. The lowest BCUT2D eigenvalue weighted by atomic mass is 10.0. The van der Waals surface area contributed by atoms with E-state index >= 15 is 0 Å². The predicted octanol–water partition coefficient (Wildman–Crippen LogP) is 2.87. The minimum absolute atomic E-state index is 0.186. The molecular formula is C16H19BrO5. The van der Waals surface area contributed by atoms with Crippen molar-refractivity contribution in [2.45, 2.75) is 50.7 Å². The molecule has 1 aromatic carbocycles. The molecule has 1 aromatic rings. The topological polar surface area (TPSA) is 54.0 Å². The second-order valence-electron chi connectivity index (χ2n) is 5.39. The van der Waals surface area contributed by atoms with E-state index in [0.29, 0.717) is 17.3 Å². The Kier molecular flexibility index (Phi) is 5.13. The Hall–Kier alpha value is -0.950. The molecule has 0 radical (unpaired) electrons. The van der Waals surface area contributed by atoms with Crippen LogP contribution in [0.5, 0.6) is 0 Å². The number of benzene rings is 1. The van der Waals surface area contributed by atoms with Crippen LogP contribution < -0.4 is 0 Å². The Morgan fingerprint density at radius 1 is 1.27 bits per heavy atom. The average Bonchev–Trinajstić information content (AvgIpc) is 2.96. The van der Waals surface area contributed by atoms with Crippen LogP contribution in [-0.2, 0) is 18.9 Å². The zero-order valence-corrected chi connectivity index (χ0v) is 13.9. The lowest BCUT2D eigenvalue weighted by Gasteiger charge is -2.35. The first-order chi connectivity index (χ1) is 10.7. The van der Waals surface area contributed by atoms with Gasteiger partial charge in [-0.05, 0) is 18.6 Å². The van der Waals surface area contributed by atoms with Crippen molar-refractivity contribution in [1.29, 1.82) is 0 Å². The summed E-state index contributed by atoms with van der Waals surface area (Å²) < 4.78 is 22.9. The Morgan fingerprint density at radius 2 is 2.05 bits per heavy atom. The first kappa shape index (κ1) is 15.9. The summed E-state index contributed by atoms with van der Waals surface area (Å²) in [5.74, 6) is -0.343. The molecule has 0 aliphatic carbocycles. The zero-order valence-electron chi connectivity index (χ0n) is 12.3. The third-order valence-electron chi connectivity index (χ3n) is 3.86. The van der Waals surface area contributed by atoms with Crippen LogP contribution in [0.1, 0.15) is 30.1 Å². The van der Waals surface area contributed by atoms with Crippen molar-refractivity contribution in [3.05, 3.63) is 35.9 Å².